The second kappa shape index (κ2) is 18.5. The van der Waals surface area contributed by atoms with Gasteiger partial charge in [-0.15, -0.1) is 17.9 Å². The van der Waals surface area contributed by atoms with Crippen LogP contribution in [0, 0.1) is 19.7 Å². The lowest BCUT2D eigenvalue weighted by atomic mass is 9.80. The molecule has 0 fully saturated rings. The topological polar surface area (TPSA) is 71.9 Å². The van der Waals surface area contributed by atoms with Crippen LogP contribution in [-0.2, 0) is 15.1 Å². The van der Waals surface area contributed by atoms with E-state index in [2.05, 4.69) is 16.5 Å². The summed E-state index contributed by atoms with van der Waals surface area (Å²) in [4.78, 5) is 10.3. The van der Waals surface area contributed by atoms with Crippen LogP contribution in [0.5, 0.6) is 17.2 Å². The number of hydrogen-bond acceptors (Lipinski definition) is 8. The summed E-state index contributed by atoms with van der Waals surface area (Å²) in [6.07, 6.45) is 2.37. The third-order valence-corrected chi connectivity index (χ3v) is 12.4. The van der Waals surface area contributed by atoms with Crippen molar-refractivity contribution in [1.82, 2.24) is 9.97 Å². The first kappa shape index (κ1) is 42.1. The maximum atomic E-state index is 14.1. The minimum Gasteiger partial charge on any atom is -0.497 e. The summed E-state index contributed by atoms with van der Waals surface area (Å²) in [7, 11) is 3.26. The number of thiophene rings is 1. The molecule has 0 aliphatic rings. The van der Waals surface area contributed by atoms with Gasteiger partial charge in [-0.05, 0) is 89.2 Å². The molecule has 0 radical (unpaired) electrons. The average Bonchev–Trinajstić information content (AvgIpc) is 3.65. The van der Waals surface area contributed by atoms with Crippen LogP contribution in [0.2, 0.25) is 15.2 Å². The molecule has 0 N–H and O–H groups in total. The maximum absolute atomic E-state index is 14.1. The Balaban J connectivity index is 1.33. The van der Waals surface area contributed by atoms with E-state index >= 15 is 0 Å². The molecule has 0 spiro atoms. The van der Waals surface area contributed by atoms with Crippen LogP contribution in [-0.4, -0.2) is 50.1 Å². The lowest BCUT2D eigenvalue weighted by molar-refractivity contribution is -0.0523. The smallest absolute Gasteiger partial charge is 0.157 e. The Labute approximate surface area is 361 Å². The monoisotopic (exact) mass is 868 g/mol. The molecular formula is C47H40Cl3FN2O5S. The summed E-state index contributed by atoms with van der Waals surface area (Å²) in [6.45, 7) is 8.05. The predicted octanol–water partition coefficient (Wildman–Crippen LogP) is 12.7. The third-order valence-electron chi connectivity index (χ3n) is 10.1. The predicted molar refractivity (Wildman–Crippen MR) is 236 cm³/mol. The number of aromatic nitrogens is 2. The molecule has 1 atom stereocenters. The molecule has 7 nitrogen and oxygen atoms in total. The summed E-state index contributed by atoms with van der Waals surface area (Å²) in [5.41, 5.74) is 5.11. The second-order valence-corrected chi connectivity index (χ2v) is 15.7. The SMILES string of the molecule is C=CCOCC(COC(c1ccccc1)(c1ccc(OC)cc1)c1ccc(OC)cc1)Oc1c(Cl)c(C)c(-c2c(-c3ccc(F)cc3)sc3ncnc(Cl)c23)c(C)c1Cl. The molecule has 0 bridgehead atoms. The van der Waals surface area contributed by atoms with Crippen LogP contribution in [0.25, 0.3) is 31.8 Å². The van der Waals surface area contributed by atoms with Gasteiger partial charge in [0.2, 0.25) is 0 Å². The van der Waals surface area contributed by atoms with Gasteiger partial charge in [-0.2, -0.15) is 0 Å². The van der Waals surface area contributed by atoms with Crippen molar-refractivity contribution in [3.05, 3.63) is 171 Å². The van der Waals surface area contributed by atoms with E-state index in [1.165, 1.54) is 29.8 Å². The highest BCUT2D eigenvalue weighted by molar-refractivity contribution is 7.22. The molecule has 1 unspecified atom stereocenters. The largest absolute Gasteiger partial charge is 0.497 e. The van der Waals surface area contributed by atoms with Crippen molar-refractivity contribution in [2.24, 2.45) is 0 Å². The van der Waals surface area contributed by atoms with E-state index < -0.39 is 11.7 Å². The average molecular weight is 870 g/mol. The highest BCUT2D eigenvalue weighted by Crippen LogP contribution is 2.52. The molecule has 7 aromatic rings. The summed E-state index contributed by atoms with van der Waals surface area (Å²) >= 11 is 22.8. The lowest BCUT2D eigenvalue weighted by Crippen LogP contribution is -2.38. The quantitative estimate of drug-likeness (QED) is 0.0414. The minimum absolute atomic E-state index is 0.0351. The Hall–Kier alpha value is -5.00. The normalized spacial score (nSPS) is 12.1. The molecule has 0 aliphatic carbocycles. The molecule has 0 aliphatic heterocycles. The Kier molecular flexibility index (Phi) is 13.2. The standard InChI is InChI=1S/C47H40Cl3FN2O5S/c1-6-24-56-25-37(26-57-47(31-10-8-7-9-11-31,32-14-20-35(54-4)21-15-32)33-16-22-36(55-5)23-17-33)58-43-41(48)28(2)38(29(3)42(43)49)39-40-45(50)52-27-53-46(40)59-44(39)30-12-18-34(51)19-13-30/h6-23,27,37H,1,24-26H2,2-5H3. The van der Waals surface area contributed by atoms with E-state index in [1.807, 2.05) is 92.7 Å². The van der Waals surface area contributed by atoms with Crippen molar-refractivity contribution in [3.8, 4) is 38.8 Å². The molecule has 59 heavy (non-hydrogen) atoms. The van der Waals surface area contributed by atoms with Crippen LogP contribution >= 0.6 is 46.1 Å². The number of benzene rings is 5. The van der Waals surface area contributed by atoms with E-state index in [0.29, 0.717) is 42.9 Å². The molecule has 12 heteroatoms. The van der Waals surface area contributed by atoms with Gasteiger partial charge in [-0.1, -0.05) is 108 Å². The van der Waals surface area contributed by atoms with Crippen LogP contribution < -0.4 is 14.2 Å². The lowest BCUT2D eigenvalue weighted by Gasteiger charge is -2.37. The zero-order chi connectivity index (χ0) is 41.7. The number of methoxy groups -OCH3 is 2. The van der Waals surface area contributed by atoms with E-state index in [4.69, 9.17) is 58.5 Å². The molecule has 302 valence electrons. The van der Waals surface area contributed by atoms with Gasteiger partial charge in [0.1, 0.15) is 45.3 Å². The second-order valence-electron chi connectivity index (χ2n) is 13.6. The van der Waals surface area contributed by atoms with Gasteiger partial charge in [0.25, 0.3) is 0 Å². The van der Waals surface area contributed by atoms with Gasteiger partial charge in [-0.3, -0.25) is 0 Å². The maximum Gasteiger partial charge on any atom is 0.157 e. The van der Waals surface area contributed by atoms with Gasteiger partial charge in [-0.25, -0.2) is 14.4 Å². The molecule has 2 aromatic heterocycles. The fourth-order valence-electron chi connectivity index (χ4n) is 7.22. The number of rotatable bonds is 16. The summed E-state index contributed by atoms with van der Waals surface area (Å²) < 4.78 is 45.2. The van der Waals surface area contributed by atoms with Crippen molar-refractivity contribution in [2.45, 2.75) is 25.6 Å². The molecular weight excluding hydrogens is 830 g/mol. The van der Waals surface area contributed by atoms with E-state index in [0.717, 1.165) is 38.3 Å². The number of nitrogens with zero attached hydrogens (tertiary/aromatic N) is 2. The summed E-state index contributed by atoms with van der Waals surface area (Å²) in [5, 5.41) is 1.50. The van der Waals surface area contributed by atoms with Gasteiger partial charge in [0.15, 0.2) is 5.75 Å². The van der Waals surface area contributed by atoms with Crippen LogP contribution in [0.15, 0.2) is 122 Å². The van der Waals surface area contributed by atoms with E-state index in [-0.39, 0.29) is 36.5 Å². The number of ether oxygens (including phenoxy) is 5. The Morgan fingerprint density at radius 2 is 1.32 bits per heavy atom. The zero-order valence-corrected chi connectivity index (χ0v) is 35.8. The fraction of sp³-hybridized carbons (Fsp3) is 0.191. The number of fused-ring (bicyclic) bond motifs is 1. The van der Waals surface area contributed by atoms with E-state index in [1.54, 1.807) is 32.4 Å². The fourth-order valence-corrected chi connectivity index (χ4v) is 9.17. The van der Waals surface area contributed by atoms with Crippen LogP contribution in [0.3, 0.4) is 0 Å². The van der Waals surface area contributed by atoms with Crippen molar-refractivity contribution < 1.29 is 28.1 Å². The van der Waals surface area contributed by atoms with Crippen LogP contribution in [0.4, 0.5) is 4.39 Å². The van der Waals surface area contributed by atoms with Gasteiger partial charge in [0, 0.05) is 10.4 Å². The van der Waals surface area contributed by atoms with Gasteiger partial charge >= 0.3 is 0 Å². The molecule has 7 rings (SSSR count). The summed E-state index contributed by atoms with van der Waals surface area (Å²) in [5.74, 6) is 1.34. The highest BCUT2D eigenvalue weighted by Gasteiger charge is 2.39. The van der Waals surface area contributed by atoms with Crippen LogP contribution in [0.1, 0.15) is 27.8 Å². The van der Waals surface area contributed by atoms with Crippen molar-refractivity contribution in [1.29, 1.82) is 0 Å². The first-order valence-corrected chi connectivity index (χ1v) is 20.6. The third kappa shape index (κ3) is 8.41. The summed E-state index contributed by atoms with van der Waals surface area (Å²) in [6, 6.07) is 31.9. The van der Waals surface area contributed by atoms with E-state index in [9.17, 15) is 4.39 Å². The van der Waals surface area contributed by atoms with Gasteiger partial charge < -0.3 is 23.7 Å². The molecule has 0 amide bonds. The zero-order valence-electron chi connectivity index (χ0n) is 32.7. The first-order valence-electron chi connectivity index (χ1n) is 18.6. The van der Waals surface area contributed by atoms with Crippen molar-refractivity contribution >= 4 is 56.4 Å². The molecule has 0 saturated heterocycles. The molecule has 5 aromatic carbocycles. The van der Waals surface area contributed by atoms with Crippen molar-refractivity contribution in [2.75, 3.05) is 34.0 Å². The molecule has 0 saturated carbocycles. The molecule has 2 heterocycles. The Morgan fingerprint density at radius 1 is 0.746 bits per heavy atom. The Morgan fingerprint density at radius 3 is 1.88 bits per heavy atom. The van der Waals surface area contributed by atoms with Crippen molar-refractivity contribution in [3.63, 3.8) is 0 Å². The highest BCUT2D eigenvalue weighted by atomic mass is 35.5. The first-order chi connectivity index (χ1) is 28.6. The van der Waals surface area contributed by atoms with Gasteiger partial charge in [0.05, 0.1) is 49.5 Å². The number of halogens is 4. The Bertz CT molecular complexity index is 2490. The number of hydrogen-bond donors (Lipinski definition) is 0. The minimum atomic E-state index is -1.12.